The third-order valence-electron chi connectivity index (χ3n) is 5.22. The summed E-state index contributed by atoms with van der Waals surface area (Å²) in [5, 5.41) is 3.35. The standard InChI is InChI=1S/C20H21N3O5S3/c1-30(25,26)17-8-4-5-9-18(17)31(27,28)23-12-10-14(11-13-23)19(24)22-20-21-15-6-2-3-7-16(15)29-20/h2-9,14H,10-13H2,1H3,(H,21,22,24). The summed E-state index contributed by atoms with van der Waals surface area (Å²) in [5.74, 6) is -0.531. The maximum absolute atomic E-state index is 13.1. The summed E-state index contributed by atoms with van der Waals surface area (Å²) in [4.78, 5) is 16.6. The van der Waals surface area contributed by atoms with Crippen molar-refractivity contribution in [3.8, 4) is 0 Å². The van der Waals surface area contributed by atoms with Crippen LogP contribution < -0.4 is 5.32 Å². The molecular weight excluding hydrogens is 458 g/mol. The second kappa shape index (κ2) is 8.30. The van der Waals surface area contributed by atoms with Crippen LogP contribution in [0, 0.1) is 5.92 Å². The van der Waals surface area contributed by atoms with Crippen molar-refractivity contribution in [3.63, 3.8) is 0 Å². The number of nitrogens with zero attached hydrogens (tertiary/aromatic N) is 2. The van der Waals surface area contributed by atoms with Crippen LogP contribution in [0.2, 0.25) is 0 Å². The number of hydrogen-bond acceptors (Lipinski definition) is 7. The molecule has 0 saturated carbocycles. The van der Waals surface area contributed by atoms with Gasteiger partial charge in [0.2, 0.25) is 15.9 Å². The highest BCUT2D eigenvalue weighted by molar-refractivity contribution is 7.93. The summed E-state index contributed by atoms with van der Waals surface area (Å²) < 4.78 is 52.4. The first-order valence-electron chi connectivity index (χ1n) is 9.62. The highest BCUT2D eigenvalue weighted by atomic mass is 32.2. The molecule has 2 heterocycles. The van der Waals surface area contributed by atoms with Gasteiger partial charge in [0.05, 0.1) is 15.1 Å². The molecule has 0 unspecified atom stereocenters. The number of hydrogen-bond donors (Lipinski definition) is 1. The summed E-state index contributed by atoms with van der Waals surface area (Å²) in [6.45, 7) is 0.275. The van der Waals surface area contributed by atoms with Crippen molar-refractivity contribution in [3.05, 3.63) is 48.5 Å². The number of piperidine rings is 1. The quantitative estimate of drug-likeness (QED) is 0.602. The van der Waals surface area contributed by atoms with Gasteiger partial charge in [0.25, 0.3) is 0 Å². The zero-order valence-corrected chi connectivity index (χ0v) is 19.1. The summed E-state index contributed by atoms with van der Waals surface area (Å²) in [7, 11) is -7.69. The molecule has 1 aliphatic rings. The third-order valence-corrected chi connectivity index (χ3v) is 9.41. The fourth-order valence-corrected chi connectivity index (χ4v) is 7.54. The van der Waals surface area contributed by atoms with Crippen molar-refractivity contribution in [1.82, 2.24) is 9.29 Å². The Morgan fingerprint density at radius 1 is 1.00 bits per heavy atom. The Labute approximate surface area is 184 Å². The van der Waals surface area contributed by atoms with Crippen LogP contribution in [-0.2, 0) is 24.7 Å². The number of rotatable bonds is 5. The molecule has 4 rings (SSSR count). The highest BCUT2D eigenvalue weighted by Crippen LogP contribution is 2.30. The van der Waals surface area contributed by atoms with Gasteiger partial charge in [-0.25, -0.2) is 21.8 Å². The normalized spacial score (nSPS) is 16.4. The lowest BCUT2D eigenvalue weighted by Gasteiger charge is -2.30. The molecule has 8 nitrogen and oxygen atoms in total. The molecule has 1 N–H and O–H groups in total. The minimum absolute atomic E-state index is 0.137. The van der Waals surface area contributed by atoms with Crippen LogP contribution in [-0.4, -0.2) is 51.4 Å². The van der Waals surface area contributed by atoms with E-state index in [2.05, 4.69) is 10.3 Å². The minimum atomic E-state index is -3.99. The Bertz CT molecular complexity index is 1310. The number of sulfone groups is 1. The number of sulfonamides is 1. The molecular formula is C20H21N3O5S3. The molecule has 0 aliphatic carbocycles. The first-order valence-corrected chi connectivity index (χ1v) is 13.8. The molecule has 31 heavy (non-hydrogen) atoms. The molecule has 1 fully saturated rings. The second-order valence-corrected chi connectivity index (χ2v) is 12.3. The molecule has 1 aromatic heterocycles. The number of carbonyl (C=O) groups is 1. The Morgan fingerprint density at radius 3 is 2.26 bits per heavy atom. The topological polar surface area (TPSA) is 114 Å². The van der Waals surface area contributed by atoms with Gasteiger partial charge >= 0.3 is 0 Å². The van der Waals surface area contributed by atoms with Crippen molar-refractivity contribution in [2.24, 2.45) is 5.92 Å². The van der Waals surface area contributed by atoms with Gasteiger partial charge in [0.15, 0.2) is 15.0 Å². The number of aromatic nitrogens is 1. The van der Waals surface area contributed by atoms with E-state index in [-0.39, 0.29) is 34.7 Å². The second-order valence-electron chi connectivity index (χ2n) is 7.37. The SMILES string of the molecule is CS(=O)(=O)c1ccccc1S(=O)(=O)N1CCC(C(=O)Nc2nc3ccccc3s2)CC1. The van der Waals surface area contributed by atoms with Crippen LogP contribution in [0.15, 0.2) is 58.3 Å². The number of nitrogens with one attached hydrogen (secondary N) is 1. The molecule has 0 bridgehead atoms. The Balaban J connectivity index is 1.45. The van der Waals surface area contributed by atoms with Crippen molar-refractivity contribution < 1.29 is 21.6 Å². The van der Waals surface area contributed by atoms with Crippen molar-refractivity contribution in [2.45, 2.75) is 22.6 Å². The van der Waals surface area contributed by atoms with E-state index in [1.807, 2.05) is 24.3 Å². The van der Waals surface area contributed by atoms with Crippen LogP contribution in [0.25, 0.3) is 10.2 Å². The van der Waals surface area contributed by atoms with Crippen LogP contribution >= 0.6 is 11.3 Å². The number of para-hydroxylation sites is 1. The molecule has 11 heteroatoms. The van der Waals surface area contributed by atoms with Gasteiger partial charge in [-0.15, -0.1) is 0 Å². The van der Waals surface area contributed by atoms with Gasteiger partial charge in [-0.05, 0) is 37.1 Å². The van der Waals surface area contributed by atoms with Gasteiger partial charge in [0.1, 0.15) is 4.90 Å². The fraction of sp³-hybridized carbons (Fsp3) is 0.300. The maximum atomic E-state index is 13.1. The lowest BCUT2D eigenvalue weighted by atomic mass is 9.97. The van der Waals surface area contributed by atoms with E-state index in [4.69, 9.17) is 0 Å². The number of carbonyl (C=O) groups excluding carboxylic acids is 1. The summed E-state index contributed by atoms with van der Waals surface area (Å²) in [6.07, 6.45) is 1.67. The van der Waals surface area contributed by atoms with Gasteiger partial charge in [0, 0.05) is 25.3 Å². The van der Waals surface area contributed by atoms with Crippen molar-refractivity contribution >= 4 is 52.5 Å². The molecule has 0 atom stereocenters. The first-order chi connectivity index (χ1) is 14.7. The van der Waals surface area contributed by atoms with Gasteiger partial charge in [-0.2, -0.15) is 4.31 Å². The maximum Gasteiger partial charge on any atom is 0.244 e. The van der Waals surface area contributed by atoms with Crippen LogP contribution in [0.1, 0.15) is 12.8 Å². The van der Waals surface area contributed by atoms with E-state index in [0.717, 1.165) is 16.5 Å². The summed E-state index contributed by atoms with van der Waals surface area (Å²) in [6, 6.07) is 13.2. The van der Waals surface area contributed by atoms with E-state index in [0.29, 0.717) is 18.0 Å². The first kappa shape index (κ1) is 21.9. The van der Waals surface area contributed by atoms with Crippen LogP contribution in [0.3, 0.4) is 0 Å². The number of benzene rings is 2. The van der Waals surface area contributed by atoms with Gasteiger partial charge in [-0.1, -0.05) is 35.6 Å². The fourth-order valence-electron chi connectivity index (χ4n) is 3.60. The monoisotopic (exact) mass is 479 g/mol. The zero-order chi connectivity index (χ0) is 22.2. The van der Waals surface area contributed by atoms with E-state index >= 15 is 0 Å². The number of fused-ring (bicyclic) bond motifs is 1. The zero-order valence-electron chi connectivity index (χ0n) is 16.7. The number of thiazole rings is 1. The molecule has 3 aromatic rings. The lowest BCUT2D eigenvalue weighted by Crippen LogP contribution is -2.41. The highest BCUT2D eigenvalue weighted by Gasteiger charge is 2.34. The van der Waals surface area contributed by atoms with E-state index in [1.165, 1.54) is 39.9 Å². The van der Waals surface area contributed by atoms with Crippen molar-refractivity contribution in [2.75, 3.05) is 24.7 Å². The molecule has 1 saturated heterocycles. The summed E-state index contributed by atoms with van der Waals surface area (Å²) >= 11 is 1.39. The molecule has 0 spiro atoms. The summed E-state index contributed by atoms with van der Waals surface area (Å²) in [5.41, 5.74) is 0.813. The average molecular weight is 480 g/mol. The predicted molar refractivity (Wildman–Crippen MR) is 119 cm³/mol. The molecule has 1 amide bonds. The molecule has 164 valence electrons. The van der Waals surface area contributed by atoms with E-state index in [1.54, 1.807) is 0 Å². The Kier molecular flexibility index (Phi) is 5.86. The number of anilines is 1. The lowest BCUT2D eigenvalue weighted by molar-refractivity contribution is -0.120. The molecule has 1 aliphatic heterocycles. The molecule has 2 aromatic carbocycles. The smallest absolute Gasteiger partial charge is 0.244 e. The Hall–Kier alpha value is -2.34. The number of amides is 1. The van der Waals surface area contributed by atoms with Gasteiger partial charge in [-0.3, -0.25) is 4.79 Å². The van der Waals surface area contributed by atoms with E-state index in [9.17, 15) is 21.6 Å². The van der Waals surface area contributed by atoms with Crippen LogP contribution in [0.5, 0.6) is 0 Å². The Morgan fingerprint density at radius 2 is 1.61 bits per heavy atom. The largest absolute Gasteiger partial charge is 0.302 e. The predicted octanol–water partition coefficient (Wildman–Crippen LogP) is 2.74. The average Bonchev–Trinajstić information content (AvgIpc) is 3.15. The third kappa shape index (κ3) is 4.49. The van der Waals surface area contributed by atoms with Gasteiger partial charge < -0.3 is 5.32 Å². The van der Waals surface area contributed by atoms with Crippen LogP contribution in [0.4, 0.5) is 5.13 Å². The van der Waals surface area contributed by atoms with E-state index < -0.39 is 19.9 Å². The minimum Gasteiger partial charge on any atom is -0.302 e. The van der Waals surface area contributed by atoms with Crippen molar-refractivity contribution in [1.29, 1.82) is 0 Å². The molecule has 0 radical (unpaired) electrons.